The fourth-order valence-corrected chi connectivity index (χ4v) is 3.23. The Morgan fingerprint density at radius 2 is 2.11 bits per heavy atom. The molecule has 1 aliphatic rings. The molecule has 0 saturated heterocycles. The van der Waals surface area contributed by atoms with E-state index in [1.807, 2.05) is 25.1 Å². The van der Waals surface area contributed by atoms with Crippen molar-refractivity contribution in [2.45, 2.75) is 6.92 Å². The van der Waals surface area contributed by atoms with Gasteiger partial charge in [-0.05, 0) is 42.3 Å². The van der Waals surface area contributed by atoms with Gasteiger partial charge in [0, 0.05) is 0 Å². The van der Waals surface area contributed by atoms with Crippen LogP contribution in [0.25, 0.3) is 22.0 Å². The molecule has 0 unspecified atom stereocenters. The second-order valence-electron chi connectivity index (χ2n) is 6.13. The molecular weight excluding hydrogens is 368 g/mol. The molecule has 4 rings (SSSR count). The van der Waals surface area contributed by atoms with E-state index in [1.54, 1.807) is 25.3 Å². The quantitative estimate of drug-likeness (QED) is 0.744. The number of ether oxygens (including phenoxy) is 3. The second kappa shape index (κ2) is 6.96. The van der Waals surface area contributed by atoms with E-state index >= 15 is 0 Å². The van der Waals surface area contributed by atoms with Gasteiger partial charge in [0.05, 0.1) is 23.0 Å². The maximum Gasteiger partial charge on any atom is 0.259 e. The number of rotatable bonds is 3. The lowest BCUT2D eigenvalue weighted by atomic mass is 10.1. The summed E-state index contributed by atoms with van der Waals surface area (Å²) in [5, 5.41) is 0.834. The van der Waals surface area contributed by atoms with Gasteiger partial charge in [-0.25, -0.2) is 4.98 Å². The summed E-state index contributed by atoms with van der Waals surface area (Å²) < 4.78 is 16.6. The molecule has 6 nitrogen and oxygen atoms in total. The van der Waals surface area contributed by atoms with Crippen LogP contribution in [0.4, 0.5) is 0 Å². The third kappa shape index (κ3) is 3.24. The van der Waals surface area contributed by atoms with Gasteiger partial charge in [0.1, 0.15) is 13.2 Å². The van der Waals surface area contributed by atoms with Crippen molar-refractivity contribution >= 4 is 33.6 Å². The number of aromatic amines is 1. The maximum atomic E-state index is 12.4. The van der Waals surface area contributed by atoms with Crippen LogP contribution in [-0.2, 0) is 0 Å². The van der Waals surface area contributed by atoms with Gasteiger partial charge in [-0.15, -0.1) is 0 Å². The topological polar surface area (TPSA) is 73.4 Å². The van der Waals surface area contributed by atoms with Crippen molar-refractivity contribution in [1.29, 1.82) is 0 Å². The number of hydrogen-bond acceptors (Lipinski definition) is 5. The Kier molecular flexibility index (Phi) is 4.49. The highest BCUT2D eigenvalue weighted by Crippen LogP contribution is 2.41. The van der Waals surface area contributed by atoms with Crippen molar-refractivity contribution in [3.05, 3.63) is 57.6 Å². The number of nitrogens with zero attached hydrogens (tertiary/aromatic N) is 1. The molecule has 0 aliphatic carbocycles. The van der Waals surface area contributed by atoms with E-state index in [0.29, 0.717) is 52.2 Å². The Hall–Kier alpha value is -2.99. The summed E-state index contributed by atoms with van der Waals surface area (Å²) >= 11 is 6.46. The predicted molar refractivity (Wildman–Crippen MR) is 105 cm³/mol. The Morgan fingerprint density at radius 3 is 2.93 bits per heavy atom. The van der Waals surface area contributed by atoms with Gasteiger partial charge < -0.3 is 19.2 Å². The van der Waals surface area contributed by atoms with Crippen LogP contribution in [0.15, 0.2) is 35.1 Å². The molecule has 0 atom stereocenters. The summed E-state index contributed by atoms with van der Waals surface area (Å²) in [6, 6.07) is 9.07. The Morgan fingerprint density at radius 1 is 1.30 bits per heavy atom. The smallest absolute Gasteiger partial charge is 0.259 e. The van der Waals surface area contributed by atoms with Crippen molar-refractivity contribution in [3.8, 4) is 17.2 Å². The number of para-hydroxylation sites is 1. The van der Waals surface area contributed by atoms with Gasteiger partial charge in [0.15, 0.2) is 17.3 Å². The van der Waals surface area contributed by atoms with Gasteiger partial charge in [0.25, 0.3) is 5.56 Å². The number of aromatic nitrogens is 2. The Labute approximate surface area is 160 Å². The molecule has 1 aliphatic heterocycles. The Balaban J connectivity index is 1.80. The van der Waals surface area contributed by atoms with E-state index in [4.69, 9.17) is 25.8 Å². The first-order valence-electron chi connectivity index (χ1n) is 8.41. The van der Waals surface area contributed by atoms with Gasteiger partial charge in [-0.1, -0.05) is 23.7 Å². The average molecular weight is 385 g/mol. The van der Waals surface area contributed by atoms with Crippen molar-refractivity contribution in [3.63, 3.8) is 0 Å². The van der Waals surface area contributed by atoms with Gasteiger partial charge in [-0.2, -0.15) is 0 Å². The number of H-pyrrole nitrogens is 1. The van der Waals surface area contributed by atoms with Crippen molar-refractivity contribution in [1.82, 2.24) is 9.97 Å². The number of hydrogen-bond donors (Lipinski definition) is 1. The van der Waals surface area contributed by atoms with Gasteiger partial charge in [0.2, 0.25) is 5.75 Å². The number of aryl methyl sites for hydroxylation is 1. The highest BCUT2D eigenvalue weighted by atomic mass is 35.5. The molecule has 0 radical (unpaired) electrons. The van der Waals surface area contributed by atoms with Crippen molar-refractivity contribution in [2.24, 2.45) is 0 Å². The van der Waals surface area contributed by atoms with E-state index in [-0.39, 0.29) is 5.56 Å². The molecule has 27 heavy (non-hydrogen) atoms. The van der Waals surface area contributed by atoms with Crippen LogP contribution in [0.3, 0.4) is 0 Å². The summed E-state index contributed by atoms with van der Waals surface area (Å²) in [6.07, 6.45) is 1.70. The van der Waals surface area contributed by atoms with Gasteiger partial charge >= 0.3 is 0 Å². The first-order valence-corrected chi connectivity index (χ1v) is 8.79. The van der Waals surface area contributed by atoms with Crippen LogP contribution >= 0.6 is 11.6 Å². The zero-order valence-electron chi connectivity index (χ0n) is 14.8. The lowest BCUT2D eigenvalue weighted by Crippen LogP contribution is -2.16. The highest BCUT2D eigenvalue weighted by Gasteiger charge is 2.18. The van der Waals surface area contributed by atoms with Gasteiger partial charge in [-0.3, -0.25) is 4.79 Å². The van der Waals surface area contributed by atoms with Crippen LogP contribution in [0.5, 0.6) is 17.2 Å². The van der Waals surface area contributed by atoms with Crippen LogP contribution < -0.4 is 19.8 Å². The third-order valence-corrected chi connectivity index (χ3v) is 4.60. The molecule has 2 aromatic carbocycles. The molecule has 1 N–H and O–H groups in total. The SMILES string of the molecule is COc1cc(/C=C(\Cl)c2nc3c(C)cccc3c(=O)[nH]2)cc2c1OCCO2. The van der Waals surface area contributed by atoms with Crippen molar-refractivity contribution in [2.75, 3.05) is 20.3 Å². The van der Waals surface area contributed by atoms with Crippen molar-refractivity contribution < 1.29 is 14.2 Å². The summed E-state index contributed by atoms with van der Waals surface area (Å²) in [4.78, 5) is 19.6. The fourth-order valence-electron chi connectivity index (χ4n) is 3.01. The number of nitrogens with one attached hydrogen (secondary N) is 1. The van der Waals surface area contributed by atoms with Crippen LogP contribution in [-0.4, -0.2) is 30.3 Å². The Bertz CT molecular complexity index is 1100. The predicted octanol–water partition coefficient (Wildman–Crippen LogP) is 3.75. The van der Waals surface area contributed by atoms with E-state index in [2.05, 4.69) is 9.97 Å². The number of halogens is 1. The molecule has 3 aromatic rings. The monoisotopic (exact) mass is 384 g/mol. The molecule has 0 fully saturated rings. The number of methoxy groups -OCH3 is 1. The van der Waals surface area contributed by atoms with Crippen LogP contribution in [0.1, 0.15) is 17.0 Å². The lowest BCUT2D eigenvalue weighted by molar-refractivity contribution is 0.165. The first kappa shape index (κ1) is 17.4. The second-order valence-corrected chi connectivity index (χ2v) is 6.53. The minimum Gasteiger partial charge on any atom is -0.493 e. The van der Waals surface area contributed by atoms with E-state index in [0.717, 1.165) is 11.1 Å². The first-order chi connectivity index (χ1) is 13.1. The minimum absolute atomic E-state index is 0.231. The molecule has 0 amide bonds. The van der Waals surface area contributed by atoms with Crippen LogP contribution in [0.2, 0.25) is 0 Å². The summed E-state index contributed by atoms with van der Waals surface area (Å²) in [5.74, 6) is 2.02. The molecule has 2 heterocycles. The van der Waals surface area contributed by atoms with E-state index in [1.165, 1.54) is 0 Å². The molecule has 0 saturated carbocycles. The lowest BCUT2D eigenvalue weighted by Gasteiger charge is -2.21. The normalized spacial score (nSPS) is 13.7. The summed E-state index contributed by atoms with van der Waals surface area (Å²) in [5.41, 5.74) is 2.05. The molecular formula is C20H17ClN2O4. The molecule has 1 aromatic heterocycles. The van der Waals surface area contributed by atoms with E-state index in [9.17, 15) is 4.79 Å². The van der Waals surface area contributed by atoms with Crippen LogP contribution in [0, 0.1) is 6.92 Å². The minimum atomic E-state index is -0.231. The average Bonchev–Trinajstić information content (AvgIpc) is 2.68. The highest BCUT2D eigenvalue weighted by molar-refractivity contribution is 6.50. The number of fused-ring (bicyclic) bond motifs is 2. The summed E-state index contributed by atoms with van der Waals surface area (Å²) in [7, 11) is 1.56. The largest absolute Gasteiger partial charge is 0.493 e. The molecule has 0 spiro atoms. The standard InChI is InChI=1S/C20H17ClN2O4/c1-11-4-3-5-13-17(11)22-19(23-20(13)24)14(21)8-12-9-15(25-2)18-16(10-12)26-6-7-27-18/h3-5,8-10H,6-7H2,1-2H3,(H,22,23,24)/b14-8-. The molecule has 0 bridgehead atoms. The zero-order chi connectivity index (χ0) is 19.0. The maximum absolute atomic E-state index is 12.4. The summed E-state index contributed by atoms with van der Waals surface area (Å²) in [6.45, 7) is 2.85. The van der Waals surface area contributed by atoms with E-state index < -0.39 is 0 Å². The molecule has 138 valence electrons. The fraction of sp³-hybridized carbons (Fsp3) is 0.200. The molecule has 7 heteroatoms. The zero-order valence-corrected chi connectivity index (χ0v) is 15.6. The third-order valence-electron chi connectivity index (χ3n) is 4.31. The number of benzene rings is 2.